The van der Waals surface area contributed by atoms with E-state index in [1.54, 1.807) is 0 Å². The van der Waals surface area contributed by atoms with Gasteiger partial charge in [-0.05, 0) is 38.3 Å². The predicted molar refractivity (Wildman–Crippen MR) is 99.0 cm³/mol. The lowest BCUT2D eigenvalue weighted by Gasteiger charge is -2.31. The molecule has 1 saturated heterocycles. The van der Waals surface area contributed by atoms with Gasteiger partial charge in [0.2, 0.25) is 0 Å². The molecule has 8 heteroatoms. The summed E-state index contributed by atoms with van der Waals surface area (Å²) in [5, 5.41) is 22.7. The molecule has 3 rings (SSSR count). The van der Waals surface area contributed by atoms with E-state index < -0.39 is 5.97 Å². The summed E-state index contributed by atoms with van der Waals surface area (Å²) in [6.07, 6.45) is 3.90. The summed E-state index contributed by atoms with van der Waals surface area (Å²) >= 11 is 1.50. The molecule has 2 atom stereocenters. The molecule has 1 fully saturated rings. The van der Waals surface area contributed by atoms with Crippen LogP contribution in [0.2, 0.25) is 0 Å². The minimum absolute atomic E-state index is 0.0482. The van der Waals surface area contributed by atoms with Gasteiger partial charge in [-0.3, -0.25) is 4.79 Å². The Kier molecular flexibility index (Phi) is 5.85. The van der Waals surface area contributed by atoms with E-state index in [1.807, 2.05) is 6.92 Å². The Balaban J connectivity index is 2.09. The van der Waals surface area contributed by atoms with Crippen molar-refractivity contribution < 1.29 is 15.0 Å². The normalized spacial score (nSPS) is 18.6. The first-order valence-electron chi connectivity index (χ1n) is 8.74. The van der Waals surface area contributed by atoms with Gasteiger partial charge >= 0.3 is 5.97 Å². The largest absolute Gasteiger partial charge is 0.478 e. The van der Waals surface area contributed by atoms with Crippen molar-refractivity contribution in [2.45, 2.75) is 32.2 Å². The molecule has 140 valence electrons. The van der Waals surface area contributed by atoms with E-state index >= 15 is 0 Å². The zero-order valence-electron chi connectivity index (χ0n) is 14.6. The van der Waals surface area contributed by atoms with E-state index in [-0.39, 0.29) is 29.7 Å². The number of carbonyl (C=O) groups is 1. The maximum Gasteiger partial charge on any atom is 0.337 e. The minimum atomic E-state index is -1.06. The van der Waals surface area contributed by atoms with E-state index in [9.17, 15) is 19.8 Å². The fourth-order valence-electron chi connectivity index (χ4n) is 3.45. The molecular formula is C18H23N3O4S. The number of thiazole rings is 1. The molecule has 0 aromatic carbocycles. The van der Waals surface area contributed by atoms with Crippen LogP contribution >= 0.6 is 11.3 Å². The summed E-state index contributed by atoms with van der Waals surface area (Å²) in [7, 11) is 0. The molecule has 1 aliphatic rings. The monoisotopic (exact) mass is 377 g/mol. The lowest BCUT2D eigenvalue weighted by atomic mass is 9.91. The van der Waals surface area contributed by atoms with Crippen molar-refractivity contribution in [2.75, 3.05) is 19.7 Å². The van der Waals surface area contributed by atoms with E-state index in [2.05, 4.69) is 10.3 Å². The van der Waals surface area contributed by atoms with Crippen LogP contribution in [0, 0.1) is 12.8 Å². The average Bonchev–Trinajstić information content (AvgIpc) is 2.98. The third kappa shape index (κ3) is 3.87. The van der Waals surface area contributed by atoms with E-state index in [1.165, 1.54) is 34.2 Å². The number of carboxylic acid groups (broad SMARTS) is 1. The first kappa shape index (κ1) is 18.8. The molecule has 0 amide bonds. The number of nitrogens with zero attached hydrogens (tertiary/aromatic N) is 2. The Morgan fingerprint density at radius 3 is 2.96 bits per heavy atom. The topological polar surface area (TPSA) is 104 Å². The number of carboxylic acids is 1. The van der Waals surface area contributed by atoms with Gasteiger partial charge in [-0.25, -0.2) is 9.78 Å². The number of aromatic carboxylic acids is 1. The Morgan fingerprint density at radius 1 is 1.50 bits per heavy atom. The third-order valence-electron chi connectivity index (χ3n) is 4.77. The molecule has 0 radical (unpaired) electrons. The van der Waals surface area contributed by atoms with Crippen LogP contribution in [-0.4, -0.2) is 45.4 Å². The van der Waals surface area contributed by atoms with Crippen LogP contribution in [0.15, 0.2) is 23.1 Å². The van der Waals surface area contributed by atoms with Crippen LogP contribution in [0.3, 0.4) is 0 Å². The lowest BCUT2D eigenvalue weighted by molar-refractivity contribution is 0.0695. The molecule has 3 heterocycles. The number of aryl methyl sites for hydroxylation is 1. The average molecular weight is 377 g/mol. The first-order valence-corrected chi connectivity index (χ1v) is 9.56. The van der Waals surface area contributed by atoms with Gasteiger partial charge in [0, 0.05) is 36.7 Å². The molecule has 3 N–H and O–H groups in total. The van der Waals surface area contributed by atoms with E-state index in [4.69, 9.17) is 0 Å². The molecule has 26 heavy (non-hydrogen) atoms. The Bertz CT molecular complexity index is 839. The number of aliphatic hydroxyl groups is 1. The highest BCUT2D eigenvalue weighted by Crippen LogP contribution is 2.34. The van der Waals surface area contributed by atoms with Crippen molar-refractivity contribution in [3.8, 4) is 0 Å². The summed E-state index contributed by atoms with van der Waals surface area (Å²) in [4.78, 5) is 29.6. The summed E-state index contributed by atoms with van der Waals surface area (Å²) in [5.74, 6) is -0.909. The van der Waals surface area contributed by atoms with Gasteiger partial charge in [-0.1, -0.05) is 0 Å². The van der Waals surface area contributed by atoms with Crippen LogP contribution in [0.4, 0.5) is 0 Å². The van der Waals surface area contributed by atoms with Gasteiger partial charge in [0.05, 0.1) is 17.3 Å². The van der Waals surface area contributed by atoms with Gasteiger partial charge in [0.15, 0.2) is 0 Å². The second-order valence-corrected chi connectivity index (χ2v) is 7.67. The van der Waals surface area contributed by atoms with Crippen molar-refractivity contribution >= 4 is 17.3 Å². The summed E-state index contributed by atoms with van der Waals surface area (Å²) in [6.45, 7) is 3.65. The minimum Gasteiger partial charge on any atom is -0.478 e. The number of rotatable bonds is 6. The Hall–Kier alpha value is -2.03. The first-order chi connectivity index (χ1) is 12.5. The summed E-state index contributed by atoms with van der Waals surface area (Å²) in [6, 6.07) is 2.33. The van der Waals surface area contributed by atoms with Crippen LogP contribution in [-0.2, 0) is 6.42 Å². The summed E-state index contributed by atoms with van der Waals surface area (Å²) in [5.41, 5.74) is 0.708. The van der Waals surface area contributed by atoms with Crippen LogP contribution in [0.25, 0.3) is 0 Å². The third-order valence-corrected chi connectivity index (χ3v) is 6.06. The van der Waals surface area contributed by atoms with Crippen molar-refractivity contribution in [3.05, 3.63) is 49.8 Å². The van der Waals surface area contributed by atoms with Gasteiger partial charge in [0.1, 0.15) is 5.01 Å². The number of hydrogen-bond acceptors (Lipinski definition) is 6. The second-order valence-electron chi connectivity index (χ2n) is 6.55. The fourth-order valence-corrected chi connectivity index (χ4v) is 4.70. The van der Waals surface area contributed by atoms with Gasteiger partial charge in [0.25, 0.3) is 5.56 Å². The van der Waals surface area contributed by atoms with Crippen molar-refractivity contribution in [3.63, 3.8) is 0 Å². The maximum atomic E-state index is 12.6. The zero-order valence-corrected chi connectivity index (χ0v) is 15.5. The SMILES string of the molecule is Cc1nc([C@H]([C@H]2CCCNC2)n2cc(C(=O)O)ccc2=O)sc1CCO. The van der Waals surface area contributed by atoms with Crippen LogP contribution in [0.5, 0.6) is 0 Å². The second kappa shape index (κ2) is 8.11. The number of nitrogens with one attached hydrogen (secondary N) is 1. The van der Waals surface area contributed by atoms with Crippen molar-refractivity contribution in [2.24, 2.45) is 5.92 Å². The predicted octanol–water partition coefficient (Wildman–Crippen LogP) is 1.44. The molecule has 0 unspecified atom stereocenters. The number of aromatic nitrogens is 2. The van der Waals surface area contributed by atoms with E-state index in [0.717, 1.165) is 41.5 Å². The number of piperidine rings is 1. The zero-order chi connectivity index (χ0) is 18.7. The van der Waals surface area contributed by atoms with Crippen molar-refractivity contribution in [1.29, 1.82) is 0 Å². The fraction of sp³-hybridized carbons (Fsp3) is 0.500. The van der Waals surface area contributed by atoms with E-state index in [0.29, 0.717) is 6.42 Å². The van der Waals surface area contributed by atoms with Crippen molar-refractivity contribution in [1.82, 2.24) is 14.9 Å². The molecule has 7 nitrogen and oxygen atoms in total. The quantitative estimate of drug-likeness (QED) is 0.704. The smallest absolute Gasteiger partial charge is 0.337 e. The molecule has 0 spiro atoms. The number of hydrogen-bond donors (Lipinski definition) is 3. The standard InChI is InChI=1S/C18H23N3O4S/c1-11-14(6-8-22)26-17(20-11)16(12-3-2-7-19-9-12)21-10-13(18(24)25)4-5-15(21)23/h4-5,10,12,16,19,22H,2-3,6-9H2,1H3,(H,24,25)/t12-,16-/m0/s1. The van der Waals surface area contributed by atoms with Gasteiger partial charge < -0.3 is 20.1 Å². The van der Waals surface area contributed by atoms with Crippen LogP contribution in [0.1, 0.15) is 44.8 Å². The number of aliphatic hydroxyl groups excluding tert-OH is 1. The maximum absolute atomic E-state index is 12.6. The van der Waals surface area contributed by atoms with Gasteiger partial charge in [-0.15, -0.1) is 11.3 Å². The highest BCUT2D eigenvalue weighted by molar-refractivity contribution is 7.11. The van der Waals surface area contributed by atoms with Crippen LogP contribution < -0.4 is 10.9 Å². The van der Waals surface area contributed by atoms with Gasteiger partial charge in [-0.2, -0.15) is 0 Å². The highest BCUT2D eigenvalue weighted by Gasteiger charge is 2.30. The molecule has 2 aromatic rings. The highest BCUT2D eigenvalue weighted by atomic mass is 32.1. The number of pyridine rings is 1. The molecule has 1 aliphatic heterocycles. The Morgan fingerprint density at radius 2 is 2.31 bits per heavy atom. The molecule has 0 aliphatic carbocycles. The molecule has 2 aromatic heterocycles. The summed E-state index contributed by atoms with van der Waals surface area (Å²) < 4.78 is 1.52. The molecule has 0 bridgehead atoms. The molecule has 0 saturated carbocycles. The molecular weight excluding hydrogens is 354 g/mol. The Labute approximate surface area is 155 Å². The lowest BCUT2D eigenvalue weighted by Crippen LogP contribution is -2.38.